The lowest BCUT2D eigenvalue weighted by Gasteiger charge is -2.45. The zero-order valence-corrected chi connectivity index (χ0v) is 31.9. The molecule has 8 aromatic carbocycles. The summed E-state index contributed by atoms with van der Waals surface area (Å²) >= 11 is 1.88. The zero-order valence-electron chi connectivity index (χ0n) is 31.1. The van der Waals surface area contributed by atoms with Crippen molar-refractivity contribution in [1.29, 1.82) is 0 Å². The number of hydrogen-bond acceptors (Lipinski definition) is 2. The highest BCUT2D eigenvalue weighted by atomic mass is 32.1. The first-order chi connectivity index (χ1) is 27.7. The van der Waals surface area contributed by atoms with Crippen LogP contribution in [0.5, 0.6) is 0 Å². The van der Waals surface area contributed by atoms with Crippen LogP contribution < -0.4 is 4.90 Å². The molecule has 0 saturated heterocycles. The summed E-state index contributed by atoms with van der Waals surface area (Å²) in [7, 11) is 0. The standard InChI is InChI=1S/C54H39NS/c1-2-12-36(13-3-1)37-22-24-38(25-23-37)55(39-27-29-52-46(34-39)45-17-7-11-21-51(45)56-52)40-26-28-44-43-16-6-10-20-49(43)54(50(44)35-40)32-30-53(31-33-54)47-18-8-4-14-41(47)42-15-5-9-19-48(42)53/h1-29,34-35H,30-33H2. The molecule has 0 aliphatic heterocycles. The fourth-order valence-electron chi connectivity index (χ4n) is 10.9. The van der Waals surface area contributed by atoms with Gasteiger partial charge in [-0.15, -0.1) is 11.3 Å². The van der Waals surface area contributed by atoms with Crippen LogP contribution in [0.15, 0.2) is 188 Å². The first-order valence-corrected chi connectivity index (χ1v) is 20.8. The van der Waals surface area contributed by atoms with E-state index in [0.717, 1.165) is 31.4 Å². The van der Waals surface area contributed by atoms with Crippen LogP contribution >= 0.6 is 11.3 Å². The lowest BCUT2D eigenvalue weighted by Crippen LogP contribution is -2.39. The summed E-state index contributed by atoms with van der Waals surface area (Å²) in [6.45, 7) is 0. The van der Waals surface area contributed by atoms with E-state index in [2.05, 4.69) is 193 Å². The molecule has 3 aliphatic rings. The van der Waals surface area contributed by atoms with Crippen LogP contribution in [-0.2, 0) is 10.8 Å². The van der Waals surface area contributed by atoms with Gasteiger partial charge in [0.2, 0.25) is 0 Å². The van der Waals surface area contributed by atoms with Gasteiger partial charge in [0.25, 0.3) is 0 Å². The first kappa shape index (κ1) is 32.1. The van der Waals surface area contributed by atoms with Crippen molar-refractivity contribution in [3.63, 3.8) is 0 Å². The Bertz CT molecular complexity index is 2930. The van der Waals surface area contributed by atoms with E-state index in [0.29, 0.717) is 0 Å². The van der Waals surface area contributed by atoms with E-state index in [1.54, 1.807) is 0 Å². The Morgan fingerprint density at radius 2 is 0.804 bits per heavy atom. The molecule has 0 radical (unpaired) electrons. The van der Waals surface area contributed by atoms with E-state index in [-0.39, 0.29) is 10.8 Å². The Hall–Kier alpha value is -6.22. The molecule has 2 spiro atoms. The summed E-state index contributed by atoms with van der Waals surface area (Å²) in [4.78, 5) is 2.49. The van der Waals surface area contributed by atoms with Crippen LogP contribution in [0.25, 0.3) is 53.6 Å². The Morgan fingerprint density at radius 3 is 1.46 bits per heavy atom. The molecule has 1 heterocycles. The number of thiophene rings is 1. The minimum atomic E-state index is -0.0456. The summed E-state index contributed by atoms with van der Waals surface area (Å²) in [5.41, 5.74) is 17.7. The fraction of sp³-hybridized carbons (Fsp3) is 0.111. The van der Waals surface area contributed by atoms with E-state index < -0.39 is 0 Å². The zero-order chi connectivity index (χ0) is 36.8. The Labute approximate surface area is 332 Å². The van der Waals surface area contributed by atoms with Gasteiger partial charge in [0, 0.05) is 48.1 Å². The Balaban J connectivity index is 1.01. The molecule has 56 heavy (non-hydrogen) atoms. The number of hydrogen-bond donors (Lipinski definition) is 0. The second-order valence-corrected chi connectivity index (χ2v) is 17.1. The molecule has 9 aromatic rings. The number of anilines is 3. The summed E-state index contributed by atoms with van der Waals surface area (Å²) in [5, 5.41) is 2.64. The molecule has 12 rings (SSSR count). The quantitative estimate of drug-likeness (QED) is 0.174. The average Bonchev–Trinajstić information content (AvgIpc) is 3.87. The Kier molecular flexibility index (Phi) is 6.95. The van der Waals surface area contributed by atoms with Gasteiger partial charge in [-0.05, 0) is 130 Å². The molecule has 0 bridgehead atoms. The molecule has 266 valence electrons. The summed E-state index contributed by atoms with van der Waals surface area (Å²) in [6.07, 6.45) is 4.49. The van der Waals surface area contributed by atoms with Crippen molar-refractivity contribution in [3.05, 3.63) is 210 Å². The van der Waals surface area contributed by atoms with Gasteiger partial charge in [-0.3, -0.25) is 0 Å². The SMILES string of the molecule is c1ccc(-c2ccc(N(c3ccc4c(c3)C3(CCC5(CC3)c3ccccc3-c3ccccc35)c3ccccc3-4)c3ccc4sc5ccccc5c4c3)cc2)cc1. The van der Waals surface area contributed by atoms with E-state index >= 15 is 0 Å². The molecule has 1 nitrogen and oxygen atoms in total. The number of benzene rings is 8. The van der Waals surface area contributed by atoms with Crippen LogP contribution in [0.4, 0.5) is 17.1 Å². The molecule has 0 amide bonds. The maximum absolute atomic E-state index is 2.56. The fourth-order valence-corrected chi connectivity index (χ4v) is 12.0. The van der Waals surface area contributed by atoms with Gasteiger partial charge in [0.05, 0.1) is 0 Å². The lowest BCUT2D eigenvalue weighted by molar-refractivity contribution is 0.265. The van der Waals surface area contributed by atoms with E-state index in [1.165, 1.54) is 87.2 Å². The highest BCUT2D eigenvalue weighted by Gasteiger charge is 2.53. The van der Waals surface area contributed by atoms with Crippen LogP contribution in [-0.4, -0.2) is 0 Å². The molecule has 1 fully saturated rings. The van der Waals surface area contributed by atoms with Crippen molar-refractivity contribution >= 4 is 48.6 Å². The first-order valence-electron chi connectivity index (χ1n) is 20.0. The van der Waals surface area contributed by atoms with Crippen LogP contribution in [0, 0.1) is 0 Å². The topological polar surface area (TPSA) is 3.24 Å². The van der Waals surface area contributed by atoms with Crippen molar-refractivity contribution in [2.24, 2.45) is 0 Å². The molecule has 3 aliphatic carbocycles. The Morgan fingerprint density at radius 1 is 0.339 bits per heavy atom. The van der Waals surface area contributed by atoms with E-state index in [4.69, 9.17) is 0 Å². The third-order valence-electron chi connectivity index (χ3n) is 13.5. The average molecular weight is 734 g/mol. The molecule has 0 unspecified atom stereocenters. The number of rotatable bonds is 4. The third kappa shape index (κ3) is 4.54. The predicted octanol–water partition coefficient (Wildman–Crippen LogP) is 15.0. The minimum Gasteiger partial charge on any atom is -0.310 e. The smallest absolute Gasteiger partial charge is 0.0468 e. The largest absolute Gasteiger partial charge is 0.310 e. The van der Waals surface area contributed by atoms with Gasteiger partial charge in [-0.25, -0.2) is 0 Å². The van der Waals surface area contributed by atoms with Crippen molar-refractivity contribution in [2.45, 2.75) is 36.5 Å². The molecule has 0 atom stereocenters. The van der Waals surface area contributed by atoms with E-state index in [1.807, 2.05) is 11.3 Å². The second-order valence-electron chi connectivity index (χ2n) is 16.1. The van der Waals surface area contributed by atoms with Crippen LogP contribution in [0.2, 0.25) is 0 Å². The summed E-state index contributed by atoms with van der Waals surface area (Å²) in [6, 6.07) is 70.8. The molecular weight excluding hydrogens is 695 g/mol. The number of nitrogens with zero attached hydrogens (tertiary/aromatic N) is 1. The number of fused-ring (bicyclic) bond motifs is 13. The van der Waals surface area contributed by atoms with Crippen molar-refractivity contribution in [1.82, 2.24) is 0 Å². The molecule has 0 N–H and O–H groups in total. The predicted molar refractivity (Wildman–Crippen MR) is 237 cm³/mol. The maximum Gasteiger partial charge on any atom is 0.0468 e. The van der Waals surface area contributed by atoms with Crippen molar-refractivity contribution in [2.75, 3.05) is 4.90 Å². The van der Waals surface area contributed by atoms with E-state index in [9.17, 15) is 0 Å². The third-order valence-corrected chi connectivity index (χ3v) is 14.6. The minimum absolute atomic E-state index is 0.0456. The highest BCUT2D eigenvalue weighted by Crippen LogP contribution is 2.64. The summed E-state index contributed by atoms with van der Waals surface area (Å²) in [5.74, 6) is 0. The normalized spacial score (nSPS) is 15.5. The van der Waals surface area contributed by atoms with Gasteiger partial charge < -0.3 is 4.90 Å². The van der Waals surface area contributed by atoms with Crippen molar-refractivity contribution in [3.8, 4) is 33.4 Å². The van der Waals surface area contributed by atoms with Crippen molar-refractivity contribution < 1.29 is 0 Å². The van der Waals surface area contributed by atoms with Gasteiger partial charge in [0.1, 0.15) is 0 Å². The lowest BCUT2D eigenvalue weighted by atomic mass is 9.57. The van der Waals surface area contributed by atoms with Gasteiger partial charge in [-0.2, -0.15) is 0 Å². The van der Waals surface area contributed by atoms with Gasteiger partial charge in [-0.1, -0.05) is 140 Å². The van der Waals surface area contributed by atoms with Gasteiger partial charge in [0.15, 0.2) is 0 Å². The molecule has 1 aromatic heterocycles. The summed E-state index contributed by atoms with van der Waals surface area (Å²) < 4.78 is 2.65. The van der Waals surface area contributed by atoms with Crippen LogP contribution in [0.1, 0.15) is 47.9 Å². The highest BCUT2D eigenvalue weighted by molar-refractivity contribution is 7.25. The van der Waals surface area contributed by atoms with Gasteiger partial charge >= 0.3 is 0 Å². The molecular formula is C54H39NS. The molecule has 2 heteroatoms. The maximum atomic E-state index is 2.56. The monoisotopic (exact) mass is 733 g/mol. The molecule has 1 saturated carbocycles. The van der Waals surface area contributed by atoms with Crippen LogP contribution in [0.3, 0.4) is 0 Å². The second kappa shape index (κ2) is 12.1.